The molecule has 1 aromatic carbocycles. The third kappa shape index (κ3) is 3.04. The Hall–Kier alpha value is -2.15. The van der Waals surface area contributed by atoms with Crippen molar-refractivity contribution < 1.29 is 19.4 Å². The van der Waals surface area contributed by atoms with Crippen molar-refractivity contribution in [3.8, 4) is 11.5 Å². The van der Waals surface area contributed by atoms with Crippen molar-refractivity contribution in [2.75, 3.05) is 20.5 Å². The van der Waals surface area contributed by atoms with Crippen LogP contribution in [0.15, 0.2) is 34.5 Å². The molecule has 2 rings (SSSR count). The summed E-state index contributed by atoms with van der Waals surface area (Å²) in [6.45, 7) is 1.74. The molecular weight excluding hydrogens is 304 g/mol. The van der Waals surface area contributed by atoms with Gasteiger partial charge in [-0.25, -0.2) is 9.79 Å². The number of hydrogen-bond donors (Lipinski definition) is 2. The van der Waals surface area contributed by atoms with Gasteiger partial charge in [0.05, 0.1) is 19.8 Å². The number of hydrogen-bond acceptors (Lipinski definition) is 6. The Morgan fingerprint density at radius 3 is 2.55 bits per heavy atom. The first-order valence-electron chi connectivity index (χ1n) is 6.56. The summed E-state index contributed by atoms with van der Waals surface area (Å²) in [7, 11) is 3.10. The van der Waals surface area contributed by atoms with E-state index in [1.54, 1.807) is 39.3 Å². The second-order valence-corrected chi connectivity index (χ2v) is 5.42. The largest absolute Gasteiger partial charge is 0.493 e. The fourth-order valence-corrected chi connectivity index (χ4v) is 2.76. The summed E-state index contributed by atoms with van der Waals surface area (Å²) in [5, 5.41) is 13.2. The number of allylic oxidation sites excluding steroid dienone is 1. The smallest absolute Gasteiger partial charge is 0.335 e. The molecule has 0 radical (unpaired) electrons. The Kier molecular flexibility index (Phi) is 4.97. The van der Waals surface area contributed by atoms with Crippen LogP contribution in [-0.4, -0.2) is 36.7 Å². The van der Waals surface area contributed by atoms with Gasteiger partial charge in [0.2, 0.25) is 0 Å². The molecular formula is C15H18N2O4S. The van der Waals surface area contributed by atoms with Crippen LogP contribution < -0.4 is 14.8 Å². The van der Waals surface area contributed by atoms with Crippen LogP contribution in [0, 0.1) is 0 Å². The van der Waals surface area contributed by atoms with E-state index in [0.717, 1.165) is 5.56 Å². The number of methoxy groups -OCH3 is 2. The normalized spacial score (nSPS) is 17.6. The van der Waals surface area contributed by atoms with Crippen molar-refractivity contribution in [3.05, 3.63) is 35.0 Å². The monoisotopic (exact) mass is 322 g/mol. The molecule has 7 heteroatoms. The molecule has 0 amide bonds. The minimum atomic E-state index is -0.992. The Morgan fingerprint density at radius 2 is 2.00 bits per heavy atom. The highest BCUT2D eigenvalue weighted by Crippen LogP contribution is 2.36. The average Bonchev–Trinajstić information content (AvgIpc) is 2.52. The standard InChI is InChI=1S/C15H18N2O4S/c1-8-12(14(18)19)13(17-15(16-8)22-4)9-5-6-10(20-2)11(7-9)21-3/h5-7,13H,1-4H3,(H,16,17)(H,18,19). The summed E-state index contributed by atoms with van der Waals surface area (Å²) in [6.07, 6.45) is 1.89. The van der Waals surface area contributed by atoms with Crippen molar-refractivity contribution in [2.24, 2.45) is 4.99 Å². The van der Waals surface area contributed by atoms with Crippen LogP contribution in [0.3, 0.4) is 0 Å². The van der Waals surface area contributed by atoms with Crippen molar-refractivity contribution in [1.82, 2.24) is 5.32 Å². The van der Waals surface area contributed by atoms with Gasteiger partial charge in [0, 0.05) is 5.70 Å². The molecule has 0 saturated heterocycles. The van der Waals surface area contributed by atoms with Crippen molar-refractivity contribution >= 4 is 22.9 Å². The molecule has 0 fully saturated rings. The Morgan fingerprint density at radius 1 is 1.32 bits per heavy atom. The third-order valence-corrected chi connectivity index (χ3v) is 3.96. The van der Waals surface area contributed by atoms with Crippen molar-refractivity contribution in [1.29, 1.82) is 0 Å². The number of aliphatic carboxylic acids is 1. The first-order valence-corrected chi connectivity index (χ1v) is 7.79. The summed E-state index contributed by atoms with van der Waals surface area (Å²) >= 11 is 1.44. The fourth-order valence-electron chi connectivity index (χ4n) is 2.29. The van der Waals surface area contributed by atoms with Gasteiger partial charge >= 0.3 is 5.97 Å². The van der Waals surface area contributed by atoms with E-state index in [1.165, 1.54) is 11.8 Å². The zero-order valence-electron chi connectivity index (χ0n) is 12.8. The van der Waals surface area contributed by atoms with E-state index in [0.29, 0.717) is 22.4 Å². The molecule has 6 nitrogen and oxygen atoms in total. The molecule has 0 spiro atoms. The lowest BCUT2D eigenvalue weighted by molar-refractivity contribution is -0.133. The lowest BCUT2D eigenvalue weighted by Gasteiger charge is -2.24. The number of carboxylic acid groups (broad SMARTS) is 1. The first kappa shape index (κ1) is 16.2. The van der Waals surface area contributed by atoms with Gasteiger partial charge in [0.25, 0.3) is 0 Å². The van der Waals surface area contributed by atoms with E-state index in [4.69, 9.17) is 9.47 Å². The lowest BCUT2D eigenvalue weighted by atomic mass is 9.96. The van der Waals surface area contributed by atoms with Gasteiger partial charge in [-0.15, -0.1) is 0 Å². The molecule has 0 aliphatic carbocycles. The second kappa shape index (κ2) is 6.74. The molecule has 1 aliphatic rings. The third-order valence-electron chi connectivity index (χ3n) is 3.37. The molecule has 1 aliphatic heterocycles. The number of nitrogens with zero attached hydrogens (tertiary/aromatic N) is 1. The minimum Gasteiger partial charge on any atom is -0.493 e. The maximum absolute atomic E-state index is 11.6. The van der Waals surface area contributed by atoms with E-state index in [9.17, 15) is 9.90 Å². The summed E-state index contributed by atoms with van der Waals surface area (Å²) in [4.78, 5) is 16.1. The highest BCUT2D eigenvalue weighted by Gasteiger charge is 2.29. The zero-order chi connectivity index (χ0) is 16.3. The molecule has 0 bridgehead atoms. The van der Waals surface area contributed by atoms with Crippen LogP contribution in [-0.2, 0) is 4.79 Å². The molecule has 0 aromatic heterocycles. The highest BCUT2D eigenvalue weighted by molar-refractivity contribution is 8.13. The van der Waals surface area contributed by atoms with Crippen LogP contribution in [0.4, 0.5) is 0 Å². The Labute approximate surface area is 133 Å². The van der Waals surface area contributed by atoms with Gasteiger partial charge in [0.1, 0.15) is 6.04 Å². The van der Waals surface area contributed by atoms with Gasteiger partial charge in [-0.3, -0.25) is 0 Å². The summed E-state index contributed by atoms with van der Waals surface area (Å²) in [5.41, 5.74) is 1.55. The number of rotatable bonds is 4. The second-order valence-electron chi connectivity index (χ2n) is 4.62. The van der Waals surface area contributed by atoms with Gasteiger partial charge < -0.3 is 19.9 Å². The van der Waals surface area contributed by atoms with Crippen LogP contribution >= 0.6 is 11.8 Å². The Bertz CT molecular complexity index is 655. The van der Waals surface area contributed by atoms with E-state index in [1.807, 2.05) is 6.26 Å². The molecule has 0 saturated carbocycles. The number of ether oxygens (including phenoxy) is 2. The number of carboxylic acids is 1. The average molecular weight is 322 g/mol. The van der Waals surface area contributed by atoms with Crippen LogP contribution in [0.2, 0.25) is 0 Å². The van der Waals surface area contributed by atoms with Gasteiger partial charge in [-0.05, 0) is 30.9 Å². The topological polar surface area (TPSA) is 80.2 Å². The quantitative estimate of drug-likeness (QED) is 0.886. The summed E-state index contributed by atoms with van der Waals surface area (Å²) < 4.78 is 10.5. The van der Waals surface area contributed by atoms with Crippen LogP contribution in [0.5, 0.6) is 11.5 Å². The fraction of sp³-hybridized carbons (Fsp3) is 0.333. The molecule has 1 unspecified atom stereocenters. The molecule has 2 N–H and O–H groups in total. The minimum absolute atomic E-state index is 0.227. The predicted octanol–water partition coefficient (Wildman–Crippen LogP) is 2.43. The number of amidine groups is 1. The SMILES string of the molecule is COc1ccc(C2N=C(SC)NC(C)=C2C(=O)O)cc1OC. The highest BCUT2D eigenvalue weighted by atomic mass is 32.2. The van der Waals surface area contributed by atoms with Gasteiger partial charge in [0.15, 0.2) is 16.7 Å². The number of carbonyl (C=O) groups is 1. The number of benzene rings is 1. The maximum atomic E-state index is 11.6. The lowest BCUT2D eigenvalue weighted by Crippen LogP contribution is -2.29. The number of nitrogens with one attached hydrogen (secondary N) is 1. The van der Waals surface area contributed by atoms with Gasteiger partial charge in [-0.2, -0.15) is 0 Å². The predicted molar refractivity (Wildman–Crippen MR) is 86.7 cm³/mol. The number of aliphatic imine (C=N–C) groups is 1. The molecule has 118 valence electrons. The van der Waals surface area contributed by atoms with E-state index in [-0.39, 0.29) is 5.57 Å². The van der Waals surface area contributed by atoms with Crippen LogP contribution in [0.1, 0.15) is 18.5 Å². The summed E-state index contributed by atoms with van der Waals surface area (Å²) in [5.74, 6) is 0.141. The molecule has 1 atom stereocenters. The summed E-state index contributed by atoms with van der Waals surface area (Å²) in [6, 6.07) is 4.72. The Balaban J connectivity index is 2.53. The zero-order valence-corrected chi connectivity index (χ0v) is 13.7. The van der Waals surface area contributed by atoms with Gasteiger partial charge in [-0.1, -0.05) is 17.8 Å². The van der Waals surface area contributed by atoms with Crippen molar-refractivity contribution in [3.63, 3.8) is 0 Å². The molecule has 22 heavy (non-hydrogen) atoms. The van der Waals surface area contributed by atoms with E-state index < -0.39 is 12.0 Å². The van der Waals surface area contributed by atoms with Crippen molar-refractivity contribution in [2.45, 2.75) is 13.0 Å². The first-order chi connectivity index (χ1) is 10.5. The molecule has 1 aromatic rings. The van der Waals surface area contributed by atoms with Crippen LogP contribution in [0.25, 0.3) is 0 Å². The maximum Gasteiger partial charge on any atom is 0.335 e. The number of thioether (sulfide) groups is 1. The van der Waals surface area contributed by atoms with E-state index in [2.05, 4.69) is 10.3 Å². The van der Waals surface area contributed by atoms with E-state index >= 15 is 0 Å². The molecule has 1 heterocycles.